The highest BCUT2D eigenvalue weighted by atomic mass is 16.5. The maximum absolute atomic E-state index is 7.22. The summed E-state index contributed by atoms with van der Waals surface area (Å²) >= 11 is 0. The molecule has 0 unspecified atom stereocenters. The van der Waals surface area contributed by atoms with Crippen LogP contribution < -0.4 is 20.7 Å². The van der Waals surface area contributed by atoms with Crippen LogP contribution in [-0.2, 0) is 0 Å². The number of hydrogen-bond acceptors (Lipinski definition) is 4. The van der Waals surface area contributed by atoms with Crippen molar-refractivity contribution in [3.05, 3.63) is 66.7 Å². The van der Waals surface area contributed by atoms with Crippen molar-refractivity contribution in [3.63, 3.8) is 0 Å². The second-order valence-electron chi connectivity index (χ2n) is 8.01. The number of nitrogens with one attached hydrogen (secondary N) is 2. The van der Waals surface area contributed by atoms with Crippen molar-refractivity contribution in [2.75, 3.05) is 32.1 Å². The first-order valence-electron chi connectivity index (χ1n) is 12.1. The van der Waals surface area contributed by atoms with Crippen molar-refractivity contribution in [2.45, 2.75) is 40.5 Å². The number of anilines is 1. The van der Waals surface area contributed by atoms with Crippen molar-refractivity contribution < 1.29 is 4.74 Å². The summed E-state index contributed by atoms with van der Waals surface area (Å²) in [4.78, 5) is 4.23. The summed E-state index contributed by atoms with van der Waals surface area (Å²) in [5.41, 5.74) is 7.01. The van der Waals surface area contributed by atoms with Crippen molar-refractivity contribution >= 4 is 41.0 Å². The molecule has 7 heteroatoms. The van der Waals surface area contributed by atoms with E-state index < -0.39 is 0 Å². The number of likely N-dealkylation sites (tertiary alicyclic amines) is 1. The largest absolute Gasteiger partial charge is 0.497 e. The normalized spacial score (nSPS) is 11.5. The number of amidine groups is 2. The first-order valence-corrected chi connectivity index (χ1v) is 12.1. The Bertz CT molecular complexity index is 1030. The molecule has 4 N–H and O–H groups in total. The van der Waals surface area contributed by atoms with Gasteiger partial charge < -0.3 is 20.2 Å². The molecule has 4 rings (SSSR count). The van der Waals surface area contributed by atoms with Gasteiger partial charge in [0.05, 0.1) is 18.8 Å². The average molecular weight is 474 g/mol. The molecular formula is C28H41BN5O. The maximum atomic E-state index is 7.22. The molecule has 187 valence electrons. The van der Waals surface area contributed by atoms with Gasteiger partial charge in [0.25, 0.3) is 7.41 Å². The topological polar surface area (TPSA) is 89.4 Å². The number of rotatable bonds is 4. The van der Waals surface area contributed by atoms with Gasteiger partial charge in [0.15, 0.2) is 0 Å². The monoisotopic (exact) mass is 474 g/mol. The lowest BCUT2D eigenvalue weighted by molar-refractivity contribution is 0.415. The Kier molecular flexibility index (Phi) is 13.7. The minimum atomic E-state index is 0.167. The number of nitrogens with two attached hydrogens (primary N) is 1. The number of hydrogen-bond donors (Lipinski definition) is 3. The standard InChI is InChI=1S/C18H17BNO.C6H12N2.C2H6N2.C2H6/c1-20(17-9-11-18(21-2)12-10-17)19-16-8-7-14-5-3-4-6-15(14)13-16;1-6(7)8-4-2-3-5-8;1-2(3)4;1-2/h3-13H,1-2H3;7H,2-5H2,1H3;1H3,(H3,3,4);1-2H3. The van der Waals surface area contributed by atoms with Crippen LogP contribution in [0.25, 0.3) is 10.8 Å². The van der Waals surface area contributed by atoms with Gasteiger partial charge >= 0.3 is 0 Å². The second-order valence-corrected chi connectivity index (χ2v) is 8.01. The van der Waals surface area contributed by atoms with Crippen LogP contribution in [0.15, 0.2) is 66.7 Å². The highest BCUT2D eigenvalue weighted by molar-refractivity contribution is 6.57. The lowest BCUT2D eigenvalue weighted by Gasteiger charge is -2.19. The zero-order chi connectivity index (χ0) is 26.2. The predicted molar refractivity (Wildman–Crippen MR) is 154 cm³/mol. The molecule has 0 aliphatic carbocycles. The zero-order valence-corrected chi connectivity index (χ0v) is 22.1. The molecule has 1 aliphatic rings. The van der Waals surface area contributed by atoms with E-state index in [9.17, 15) is 0 Å². The van der Waals surface area contributed by atoms with Crippen LogP contribution in [0.3, 0.4) is 0 Å². The summed E-state index contributed by atoms with van der Waals surface area (Å²) in [6.07, 6.45) is 2.55. The van der Waals surface area contributed by atoms with Crippen LogP contribution in [0, 0.1) is 10.8 Å². The Balaban J connectivity index is 0.000000362. The van der Waals surface area contributed by atoms with Crippen LogP contribution in [0.4, 0.5) is 5.69 Å². The third-order valence-electron chi connectivity index (χ3n) is 5.18. The summed E-state index contributed by atoms with van der Waals surface area (Å²) in [5, 5.41) is 16.0. The van der Waals surface area contributed by atoms with Crippen LogP contribution in [-0.4, -0.2) is 51.2 Å². The molecule has 0 spiro atoms. The summed E-state index contributed by atoms with van der Waals surface area (Å²) < 4.78 is 5.19. The fourth-order valence-corrected chi connectivity index (χ4v) is 3.46. The number of ether oxygens (including phenoxy) is 1. The molecule has 1 aliphatic heterocycles. The van der Waals surface area contributed by atoms with E-state index in [0.717, 1.165) is 30.4 Å². The Morgan fingerprint density at radius 3 is 1.94 bits per heavy atom. The molecule has 0 saturated carbocycles. The van der Waals surface area contributed by atoms with Gasteiger partial charge in [0, 0.05) is 18.8 Å². The minimum Gasteiger partial charge on any atom is -0.497 e. The second kappa shape index (κ2) is 16.2. The first-order chi connectivity index (χ1) is 16.8. The highest BCUT2D eigenvalue weighted by Crippen LogP contribution is 2.18. The predicted octanol–water partition coefficient (Wildman–Crippen LogP) is 5.28. The van der Waals surface area contributed by atoms with E-state index in [-0.39, 0.29) is 5.84 Å². The third-order valence-corrected chi connectivity index (χ3v) is 5.18. The lowest BCUT2D eigenvalue weighted by Crippen LogP contribution is -2.32. The van der Waals surface area contributed by atoms with Crippen molar-refractivity contribution in [2.24, 2.45) is 5.73 Å². The SMILES string of the molecule is CC.CC(=N)N.CC(=N)N1CCCC1.COc1ccc(N(C)[B]c2ccc3ccccc3c2)cc1. The van der Waals surface area contributed by atoms with Gasteiger partial charge in [-0.15, -0.1) is 0 Å². The van der Waals surface area contributed by atoms with Crippen LogP contribution in [0.5, 0.6) is 5.75 Å². The van der Waals surface area contributed by atoms with Gasteiger partial charge in [-0.2, -0.15) is 0 Å². The fourth-order valence-electron chi connectivity index (χ4n) is 3.46. The summed E-state index contributed by atoms with van der Waals surface area (Å²) in [5.74, 6) is 1.76. The maximum Gasteiger partial charge on any atom is 0.285 e. The average Bonchev–Trinajstić information content (AvgIpc) is 3.41. The number of benzene rings is 3. The van der Waals surface area contributed by atoms with E-state index in [1.165, 1.54) is 36.0 Å². The summed E-state index contributed by atoms with van der Waals surface area (Å²) in [6.45, 7) is 9.59. The third kappa shape index (κ3) is 11.0. The van der Waals surface area contributed by atoms with E-state index in [1.807, 2.05) is 32.9 Å². The van der Waals surface area contributed by atoms with Crippen LogP contribution >= 0.6 is 0 Å². The summed E-state index contributed by atoms with van der Waals surface area (Å²) in [7, 11) is 5.87. The molecule has 0 aromatic heterocycles. The van der Waals surface area contributed by atoms with E-state index in [2.05, 4.69) is 78.8 Å². The Morgan fingerprint density at radius 2 is 1.46 bits per heavy atom. The van der Waals surface area contributed by atoms with E-state index >= 15 is 0 Å². The van der Waals surface area contributed by atoms with Crippen LogP contribution in [0.2, 0.25) is 0 Å². The van der Waals surface area contributed by atoms with E-state index in [0.29, 0.717) is 0 Å². The van der Waals surface area contributed by atoms with Gasteiger partial charge in [-0.1, -0.05) is 61.8 Å². The summed E-state index contributed by atoms with van der Waals surface area (Å²) in [6, 6.07) is 23.0. The molecule has 3 aromatic rings. The molecule has 35 heavy (non-hydrogen) atoms. The number of nitrogens with zero attached hydrogens (tertiary/aromatic N) is 2. The van der Waals surface area contributed by atoms with E-state index in [1.54, 1.807) is 7.11 Å². The molecule has 1 heterocycles. The lowest BCUT2D eigenvalue weighted by atomic mass is 9.79. The molecule has 0 bridgehead atoms. The van der Waals surface area contributed by atoms with Crippen molar-refractivity contribution in [1.82, 2.24) is 4.90 Å². The van der Waals surface area contributed by atoms with Gasteiger partial charge in [0.2, 0.25) is 0 Å². The smallest absolute Gasteiger partial charge is 0.285 e. The molecule has 1 fully saturated rings. The zero-order valence-electron chi connectivity index (χ0n) is 22.1. The molecule has 3 aromatic carbocycles. The molecule has 0 atom stereocenters. The van der Waals surface area contributed by atoms with Crippen LogP contribution in [0.1, 0.15) is 40.5 Å². The number of fused-ring (bicyclic) bond motifs is 1. The molecule has 6 nitrogen and oxygen atoms in total. The Morgan fingerprint density at radius 1 is 0.914 bits per heavy atom. The fraction of sp³-hybridized carbons (Fsp3) is 0.357. The van der Waals surface area contributed by atoms with Gasteiger partial charge in [-0.25, -0.2) is 0 Å². The molecule has 0 amide bonds. The van der Waals surface area contributed by atoms with E-state index in [4.69, 9.17) is 21.3 Å². The highest BCUT2D eigenvalue weighted by Gasteiger charge is 2.10. The first kappa shape index (κ1) is 29.6. The molecular weight excluding hydrogens is 433 g/mol. The van der Waals surface area contributed by atoms with Gasteiger partial charge in [-0.05, 0) is 68.8 Å². The molecule has 1 saturated heterocycles. The minimum absolute atomic E-state index is 0.167. The Labute approximate surface area is 212 Å². The number of methoxy groups -OCH3 is 1. The van der Waals surface area contributed by atoms with Crippen molar-refractivity contribution in [3.8, 4) is 5.75 Å². The quantitative estimate of drug-likeness (QED) is 0.273. The van der Waals surface area contributed by atoms with Gasteiger partial charge in [0.1, 0.15) is 5.75 Å². The Hall–Kier alpha value is -3.48. The van der Waals surface area contributed by atoms with Crippen molar-refractivity contribution in [1.29, 1.82) is 10.8 Å². The van der Waals surface area contributed by atoms with Gasteiger partial charge in [-0.3, -0.25) is 10.8 Å². The molecule has 1 radical (unpaired) electrons.